The monoisotopic (exact) mass is 440 g/mol. The van der Waals surface area contributed by atoms with E-state index in [1.807, 2.05) is 35.7 Å². The highest BCUT2D eigenvalue weighted by Crippen LogP contribution is 2.33. The molecule has 5 heteroatoms. The van der Waals surface area contributed by atoms with E-state index in [1.165, 1.54) is 27.7 Å². The number of thioether (sulfide) groups is 1. The maximum atomic E-state index is 13.5. The Hall–Kier alpha value is -3.15. The predicted octanol–water partition coefficient (Wildman–Crippen LogP) is 6.76. The lowest BCUT2D eigenvalue weighted by molar-refractivity contribution is 0.673. The standard InChI is InChI=1S/C26H20N2OS2/c1-2-15-28-25(29)23-22(19-9-4-3-5-10-19)17-30-24(23)27-26(28)31-16-20-13-8-12-18-11-6-7-14-21(18)20/h2-14,17H,1,15-16H2. The van der Waals surface area contributed by atoms with Gasteiger partial charge in [-0.3, -0.25) is 9.36 Å². The zero-order valence-corrected chi connectivity index (χ0v) is 18.5. The molecule has 5 aromatic rings. The van der Waals surface area contributed by atoms with Gasteiger partial charge in [0.25, 0.3) is 5.56 Å². The third kappa shape index (κ3) is 3.71. The largest absolute Gasteiger partial charge is 0.283 e. The molecule has 0 bridgehead atoms. The molecule has 5 rings (SSSR count). The van der Waals surface area contributed by atoms with Crippen LogP contribution in [0.2, 0.25) is 0 Å². The molecule has 0 radical (unpaired) electrons. The van der Waals surface area contributed by atoms with E-state index in [9.17, 15) is 4.79 Å². The summed E-state index contributed by atoms with van der Waals surface area (Å²) in [6.07, 6.45) is 1.76. The quantitative estimate of drug-likeness (QED) is 0.166. The Bertz CT molecular complexity index is 1450. The number of hydrogen-bond acceptors (Lipinski definition) is 4. The van der Waals surface area contributed by atoms with Crippen LogP contribution in [0.25, 0.3) is 32.1 Å². The first-order chi connectivity index (χ1) is 15.3. The van der Waals surface area contributed by atoms with Crippen molar-refractivity contribution < 1.29 is 0 Å². The second kappa shape index (κ2) is 8.53. The van der Waals surface area contributed by atoms with Gasteiger partial charge >= 0.3 is 0 Å². The number of thiophene rings is 1. The van der Waals surface area contributed by atoms with Crippen LogP contribution < -0.4 is 5.56 Å². The number of nitrogens with zero attached hydrogens (tertiary/aromatic N) is 2. The molecule has 3 nitrogen and oxygen atoms in total. The molecule has 0 aliphatic heterocycles. The molecule has 2 aromatic heterocycles. The Kier molecular flexibility index (Phi) is 5.45. The van der Waals surface area contributed by atoms with Crippen LogP contribution in [0.4, 0.5) is 0 Å². The molecule has 0 aliphatic carbocycles. The molecule has 0 saturated carbocycles. The first kappa shape index (κ1) is 19.8. The van der Waals surface area contributed by atoms with Crippen molar-refractivity contribution in [2.75, 3.05) is 0 Å². The Morgan fingerprint density at radius 3 is 2.61 bits per heavy atom. The molecule has 0 spiro atoms. The fraction of sp³-hybridized carbons (Fsp3) is 0.0769. The Balaban J connectivity index is 1.58. The van der Waals surface area contributed by atoms with Crippen LogP contribution in [-0.2, 0) is 12.3 Å². The van der Waals surface area contributed by atoms with Gasteiger partial charge in [0.05, 0.1) is 5.39 Å². The molecular formula is C26H20N2OS2. The summed E-state index contributed by atoms with van der Waals surface area (Å²) in [5.74, 6) is 0.743. The van der Waals surface area contributed by atoms with Gasteiger partial charge in [-0.05, 0) is 21.9 Å². The van der Waals surface area contributed by atoms with Crippen molar-refractivity contribution in [1.82, 2.24) is 9.55 Å². The van der Waals surface area contributed by atoms with E-state index in [-0.39, 0.29) is 5.56 Å². The fourth-order valence-electron chi connectivity index (χ4n) is 3.80. The van der Waals surface area contributed by atoms with E-state index >= 15 is 0 Å². The van der Waals surface area contributed by atoms with Crippen molar-refractivity contribution in [2.24, 2.45) is 0 Å². The van der Waals surface area contributed by atoms with Crippen LogP contribution in [0.5, 0.6) is 0 Å². The van der Waals surface area contributed by atoms with Crippen LogP contribution in [-0.4, -0.2) is 9.55 Å². The minimum absolute atomic E-state index is 0.00887. The van der Waals surface area contributed by atoms with Gasteiger partial charge in [0.2, 0.25) is 0 Å². The Labute approximate surface area is 188 Å². The molecule has 0 atom stereocenters. The molecular weight excluding hydrogens is 420 g/mol. The van der Waals surface area contributed by atoms with Crippen molar-refractivity contribution >= 4 is 44.1 Å². The van der Waals surface area contributed by atoms with Crippen molar-refractivity contribution in [3.8, 4) is 11.1 Å². The average molecular weight is 441 g/mol. The van der Waals surface area contributed by atoms with Gasteiger partial charge in [0, 0.05) is 23.2 Å². The number of aromatic nitrogens is 2. The van der Waals surface area contributed by atoms with Gasteiger partial charge in [-0.1, -0.05) is 90.6 Å². The molecule has 0 aliphatic rings. The number of rotatable bonds is 6. The van der Waals surface area contributed by atoms with Crippen molar-refractivity contribution in [3.63, 3.8) is 0 Å². The molecule has 152 valence electrons. The van der Waals surface area contributed by atoms with Crippen molar-refractivity contribution in [3.05, 3.63) is 107 Å². The van der Waals surface area contributed by atoms with Gasteiger partial charge in [-0.15, -0.1) is 17.9 Å². The second-order valence-electron chi connectivity index (χ2n) is 7.22. The summed E-state index contributed by atoms with van der Waals surface area (Å²) in [5.41, 5.74) is 3.21. The van der Waals surface area contributed by atoms with E-state index in [0.717, 1.165) is 26.9 Å². The van der Waals surface area contributed by atoms with Crippen LogP contribution >= 0.6 is 23.1 Å². The molecule has 0 saturated heterocycles. The summed E-state index contributed by atoms with van der Waals surface area (Å²) in [7, 11) is 0. The highest BCUT2D eigenvalue weighted by molar-refractivity contribution is 7.98. The second-order valence-corrected chi connectivity index (χ2v) is 9.02. The molecule has 31 heavy (non-hydrogen) atoms. The minimum atomic E-state index is -0.00887. The summed E-state index contributed by atoms with van der Waals surface area (Å²) in [6, 6.07) is 24.7. The van der Waals surface area contributed by atoms with Crippen LogP contribution in [0, 0.1) is 0 Å². The summed E-state index contributed by atoms with van der Waals surface area (Å²) in [5, 5.41) is 5.91. The van der Waals surface area contributed by atoms with Gasteiger partial charge in [-0.2, -0.15) is 0 Å². The maximum Gasteiger partial charge on any atom is 0.263 e. The summed E-state index contributed by atoms with van der Waals surface area (Å²) in [4.78, 5) is 19.2. The molecule has 0 unspecified atom stereocenters. The third-order valence-corrected chi connectivity index (χ3v) is 7.19. The van der Waals surface area contributed by atoms with Gasteiger partial charge < -0.3 is 0 Å². The number of benzene rings is 3. The lowest BCUT2D eigenvalue weighted by atomic mass is 10.1. The maximum absolute atomic E-state index is 13.5. The minimum Gasteiger partial charge on any atom is -0.283 e. The smallest absolute Gasteiger partial charge is 0.263 e. The predicted molar refractivity (Wildman–Crippen MR) is 133 cm³/mol. The van der Waals surface area contributed by atoms with Crippen LogP contribution in [0.15, 0.2) is 101 Å². The third-order valence-electron chi connectivity index (χ3n) is 5.29. The summed E-state index contributed by atoms with van der Waals surface area (Å²) >= 11 is 3.12. The van der Waals surface area contributed by atoms with Crippen LogP contribution in [0.1, 0.15) is 5.56 Å². The first-order valence-electron chi connectivity index (χ1n) is 10.0. The van der Waals surface area contributed by atoms with Crippen LogP contribution in [0.3, 0.4) is 0 Å². The van der Waals surface area contributed by atoms with E-state index < -0.39 is 0 Å². The van der Waals surface area contributed by atoms with Crippen molar-refractivity contribution in [2.45, 2.75) is 17.5 Å². The molecule has 0 fully saturated rings. The van der Waals surface area contributed by atoms with Gasteiger partial charge in [0.15, 0.2) is 5.16 Å². The first-order valence-corrected chi connectivity index (χ1v) is 11.9. The summed E-state index contributed by atoms with van der Waals surface area (Å²) < 4.78 is 1.74. The topological polar surface area (TPSA) is 34.9 Å². The Morgan fingerprint density at radius 2 is 1.77 bits per heavy atom. The fourth-order valence-corrected chi connectivity index (χ4v) is 5.80. The van der Waals surface area contributed by atoms with E-state index in [1.54, 1.807) is 22.4 Å². The Morgan fingerprint density at radius 1 is 1.00 bits per heavy atom. The highest BCUT2D eigenvalue weighted by atomic mass is 32.2. The molecule has 3 aromatic carbocycles. The van der Waals surface area contributed by atoms with E-state index in [4.69, 9.17) is 4.98 Å². The van der Waals surface area contributed by atoms with Gasteiger partial charge in [0.1, 0.15) is 4.83 Å². The van der Waals surface area contributed by atoms with Gasteiger partial charge in [-0.25, -0.2) is 4.98 Å². The zero-order valence-electron chi connectivity index (χ0n) is 16.8. The average Bonchev–Trinajstić information content (AvgIpc) is 3.24. The highest BCUT2D eigenvalue weighted by Gasteiger charge is 2.17. The molecule has 0 N–H and O–H groups in total. The number of hydrogen-bond donors (Lipinski definition) is 0. The molecule has 2 heterocycles. The number of fused-ring (bicyclic) bond motifs is 2. The lowest BCUT2D eigenvalue weighted by Crippen LogP contribution is -2.22. The molecule has 0 amide bonds. The number of allylic oxidation sites excluding steroid dienone is 1. The van der Waals surface area contributed by atoms with Crippen molar-refractivity contribution in [1.29, 1.82) is 0 Å². The van der Waals surface area contributed by atoms with E-state index in [2.05, 4.69) is 49.0 Å². The SMILES string of the molecule is C=CCn1c(SCc2cccc3ccccc23)nc2scc(-c3ccccc3)c2c1=O. The zero-order chi connectivity index (χ0) is 21.2. The normalized spacial score (nSPS) is 11.2. The lowest BCUT2D eigenvalue weighted by Gasteiger charge is -2.12. The van der Waals surface area contributed by atoms with E-state index in [0.29, 0.717) is 11.9 Å². The summed E-state index contributed by atoms with van der Waals surface area (Å²) in [6.45, 7) is 4.29.